The first kappa shape index (κ1) is 37.6. The normalized spacial score (nSPS) is 11.4. The molecule has 0 fully saturated rings. The van der Waals surface area contributed by atoms with Gasteiger partial charge in [-0.1, -0.05) is 114 Å². The van der Waals surface area contributed by atoms with Gasteiger partial charge in [-0.2, -0.15) is 13.2 Å². The standard InChI is InChI=1S/C38H34Cl2F3N3O2.ClH/c39-33-20-7-8-21-34(33)46-36(47)45-30-17-10-18-31(24-30)48-23-11-22-44-26-37(28-13-3-1-4-14-28,29-15-5-2-6-16-29)25-27-12-9-19-32(35(27)40)38(41,42)43;/h1-10,12-21,24,44H,11,22-23,25-26H2,(H2,45,46,47);1H. The summed E-state index contributed by atoms with van der Waals surface area (Å²) in [6.07, 6.45) is -3.67. The van der Waals surface area contributed by atoms with Crippen LogP contribution in [0.3, 0.4) is 0 Å². The number of ether oxygens (including phenoxy) is 1. The van der Waals surface area contributed by atoms with Crippen molar-refractivity contribution in [2.45, 2.75) is 24.4 Å². The Morgan fingerprint density at radius 1 is 0.735 bits per heavy atom. The van der Waals surface area contributed by atoms with Gasteiger partial charge in [-0.05, 0) is 66.4 Å². The van der Waals surface area contributed by atoms with Gasteiger partial charge in [0.25, 0.3) is 0 Å². The van der Waals surface area contributed by atoms with E-state index < -0.39 is 23.2 Å². The Morgan fingerprint density at radius 3 is 2.02 bits per heavy atom. The largest absolute Gasteiger partial charge is 0.493 e. The van der Waals surface area contributed by atoms with Crippen LogP contribution in [-0.4, -0.2) is 25.7 Å². The predicted molar refractivity (Wildman–Crippen MR) is 195 cm³/mol. The molecule has 11 heteroatoms. The van der Waals surface area contributed by atoms with Crippen LogP contribution in [0.1, 0.15) is 28.7 Å². The van der Waals surface area contributed by atoms with E-state index in [1.165, 1.54) is 6.07 Å². The Hall–Kier alpha value is -4.21. The molecule has 0 radical (unpaired) electrons. The van der Waals surface area contributed by atoms with Gasteiger partial charge in [-0.25, -0.2) is 4.79 Å². The van der Waals surface area contributed by atoms with Crippen molar-refractivity contribution in [1.82, 2.24) is 5.32 Å². The van der Waals surface area contributed by atoms with E-state index in [1.54, 1.807) is 54.6 Å². The Balaban J connectivity index is 0.00000541. The van der Waals surface area contributed by atoms with E-state index in [9.17, 15) is 18.0 Å². The molecule has 0 aliphatic rings. The topological polar surface area (TPSA) is 62.4 Å². The van der Waals surface area contributed by atoms with Gasteiger partial charge in [0.1, 0.15) is 5.75 Å². The number of benzene rings is 5. The number of halogens is 6. The second kappa shape index (κ2) is 17.4. The fourth-order valence-corrected chi connectivity index (χ4v) is 6.09. The minimum Gasteiger partial charge on any atom is -0.493 e. The maximum absolute atomic E-state index is 13.8. The molecule has 0 aliphatic heterocycles. The van der Waals surface area contributed by atoms with Gasteiger partial charge < -0.3 is 20.7 Å². The lowest BCUT2D eigenvalue weighted by Gasteiger charge is -2.36. The van der Waals surface area contributed by atoms with Crippen LogP contribution in [0.25, 0.3) is 0 Å². The molecule has 0 heterocycles. The minimum atomic E-state index is -4.56. The van der Waals surface area contributed by atoms with Crippen LogP contribution in [0.15, 0.2) is 127 Å². The quantitative estimate of drug-likeness (QED) is 0.106. The van der Waals surface area contributed by atoms with Crippen molar-refractivity contribution in [1.29, 1.82) is 0 Å². The molecule has 3 N–H and O–H groups in total. The summed E-state index contributed by atoms with van der Waals surface area (Å²) in [7, 11) is 0. The molecule has 0 saturated heterocycles. The number of hydrogen-bond donors (Lipinski definition) is 3. The summed E-state index contributed by atoms with van der Waals surface area (Å²) in [5, 5.41) is 9.18. The van der Waals surface area contributed by atoms with Crippen molar-refractivity contribution >= 4 is 53.0 Å². The number of hydrogen-bond acceptors (Lipinski definition) is 3. The molecule has 0 unspecified atom stereocenters. The molecule has 2 amide bonds. The number of rotatable bonds is 13. The third-order valence-electron chi connectivity index (χ3n) is 7.94. The lowest BCUT2D eigenvalue weighted by atomic mass is 9.70. The summed E-state index contributed by atoms with van der Waals surface area (Å²) in [5.41, 5.74) is 1.81. The molecule has 256 valence electrons. The number of amides is 2. The molecule has 5 aromatic carbocycles. The van der Waals surface area contributed by atoms with Gasteiger partial charge in [0.05, 0.1) is 27.9 Å². The second-order valence-corrected chi connectivity index (χ2v) is 12.0. The molecule has 0 saturated carbocycles. The second-order valence-electron chi connectivity index (χ2n) is 11.2. The Bertz CT molecular complexity index is 1770. The molecule has 0 aliphatic carbocycles. The smallest absolute Gasteiger partial charge is 0.417 e. The summed E-state index contributed by atoms with van der Waals surface area (Å²) in [6, 6.07) is 37.2. The molecular weight excluding hydrogens is 694 g/mol. The molecule has 0 aromatic heterocycles. The average Bonchev–Trinajstić information content (AvgIpc) is 3.08. The first-order chi connectivity index (χ1) is 23.2. The highest BCUT2D eigenvalue weighted by atomic mass is 35.5. The van der Waals surface area contributed by atoms with Gasteiger partial charge in [-0.15, -0.1) is 12.4 Å². The van der Waals surface area contributed by atoms with Gasteiger partial charge in [-0.3, -0.25) is 0 Å². The van der Waals surface area contributed by atoms with Crippen molar-refractivity contribution in [3.63, 3.8) is 0 Å². The predicted octanol–water partition coefficient (Wildman–Crippen LogP) is 10.7. The van der Waals surface area contributed by atoms with E-state index >= 15 is 0 Å². The highest BCUT2D eigenvalue weighted by Crippen LogP contribution is 2.41. The van der Waals surface area contributed by atoms with Crippen LogP contribution >= 0.6 is 35.6 Å². The van der Waals surface area contributed by atoms with Gasteiger partial charge in [0, 0.05) is 23.7 Å². The van der Waals surface area contributed by atoms with Crippen LogP contribution in [-0.2, 0) is 18.0 Å². The zero-order chi connectivity index (χ0) is 34.0. The molecule has 0 atom stereocenters. The van der Waals surface area contributed by atoms with Crippen molar-refractivity contribution in [3.05, 3.63) is 160 Å². The van der Waals surface area contributed by atoms with Crippen molar-refractivity contribution < 1.29 is 22.7 Å². The number of carbonyl (C=O) groups is 1. The number of carbonyl (C=O) groups excluding carboxylic acids is 1. The maximum Gasteiger partial charge on any atom is 0.417 e. The Morgan fingerprint density at radius 2 is 1.37 bits per heavy atom. The van der Waals surface area contributed by atoms with Gasteiger partial charge in [0.2, 0.25) is 0 Å². The first-order valence-corrected chi connectivity index (χ1v) is 16.1. The third kappa shape index (κ3) is 9.92. The molecule has 5 nitrogen and oxygen atoms in total. The summed E-state index contributed by atoms with van der Waals surface area (Å²) in [5.74, 6) is 0.590. The van der Waals surface area contributed by atoms with Gasteiger partial charge >= 0.3 is 12.2 Å². The number of anilines is 2. The third-order valence-corrected chi connectivity index (χ3v) is 8.71. The first-order valence-electron chi connectivity index (χ1n) is 15.4. The number of urea groups is 1. The summed E-state index contributed by atoms with van der Waals surface area (Å²) in [4.78, 5) is 12.5. The molecular formula is C38H35Cl3F3N3O2. The van der Waals surface area contributed by atoms with E-state index in [-0.39, 0.29) is 23.9 Å². The van der Waals surface area contributed by atoms with Crippen LogP contribution in [0.2, 0.25) is 10.0 Å². The van der Waals surface area contributed by atoms with Crippen LogP contribution in [0, 0.1) is 0 Å². The Labute approximate surface area is 300 Å². The summed E-state index contributed by atoms with van der Waals surface area (Å²) < 4.78 is 47.3. The van der Waals surface area contributed by atoms with Crippen molar-refractivity contribution in [2.75, 3.05) is 30.3 Å². The SMILES string of the molecule is Cl.O=C(Nc1cccc(OCCCNCC(Cc2cccc(C(F)(F)F)c2Cl)(c2ccccc2)c2ccccc2)c1)Nc1ccccc1Cl. The Kier molecular flexibility index (Phi) is 13.4. The van der Waals surface area contributed by atoms with Crippen molar-refractivity contribution in [3.8, 4) is 5.75 Å². The molecule has 0 bridgehead atoms. The highest BCUT2D eigenvalue weighted by molar-refractivity contribution is 6.33. The van der Waals surface area contributed by atoms with E-state index in [2.05, 4.69) is 16.0 Å². The maximum atomic E-state index is 13.8. The zero-order valence-corrected chi connectivity index (χ0v) is 28.6. The minimum absolute atomic E-state index is 0. The fourth-order valence-electron chi connectivity index (χ4n) is 5.61. The molecule has 5 rings (SSSR count). The van der Waals surface area contributed by atoms with Crippen LogP contribution in [0.5, 0.6) is 5.75 Å². The molecule has 5 aromatic rings. The molecule has 49 heavy (non-hydrogen) atoms. The summed E-state index contributed by atoms with van der Waals surface area (Å²) in [6.45, 7) is 1.41. The van der Waals surface area contributed by atoms with Gasteiger partial charge in [0.15, 0.2) is 0 Å². The summed E-state index contributed by atoms with van der Waals surface area (Å²) >= 11 is 12.6. The average molecular weight is 729 g/mol. The molecule has 0 spiro atoms. The monoisotopic (exact) mass is 727 g/mol. The lowest BCUT2D eigenvalue weighted by Crippen LogP contribution is -2.42. The van der Waals surface area contributed by atoms with Crippen LogP contribution < -0.4 is 20.7 Å². The lowest BCUT2D eigenvalue weighted by molar-refractivity contribution is -0.137. The zero-order valence-electron chi connectivity index (χ0n) is 26.3. The number of nitrogens with one attached hydrogen (secondary N) is 3. The number of alkyl halides is 3. The fraction of sp³-hybridized carbons (Fsp3) is 0.184. The number of para-hydroxylation sites is 1. The van der Waals surface area contributed by atoms with E-state index in [0.717, 1.165) is 17.2 Å². The van der Waals surface area contributed by atoms with Crippen LogP contribution in [0.4, 0.5) is 29.3 Å². The highest BCUT2D eigenvalue weighted by Gasteiger charge is 2.38. The van der Waals surface area contributed by atoms with E-state index in [4.69, 9.17) is 27.9 Å². The van der Waals surface area contributed by atoms with Crippen molar-refractivity contribution in [2.24, 2.45) is 0 Å². The van der Waals surface area contributed by atoms with E-state index in [0.29, 0.717) is 53.8 Å². The van der Waals surface area contributed by atoms with E-state index in [1.807, 2.05) is 60.7 Å².